The summed E-state index contributed by atoms with van der Waals surface area (Å²) in [5.74, 6) is 2.81. The summed E-state index contributed by atoms with van der Waals surface area (Å²) in [4.78, 5) is 29.3. The summed E-state index contributed by atoms with van der Waals surface area (Å²) in [6.45, 7) is 6.92. The van der Waals surface area contributed by atoms with Crippen LogP contribution in [0.1, 0.15) is 55.6 Å². The molecular formula is C33H39N3O4. The molecule has 210 valence electrons. The Labute approximate surface area is 235 Å². The SMILES string of the molecule is COc1ccc(-n2cc(C(=O)NCCCN(Cc3ccco3)[C@@H]3CCC[C@H](C)[C@H]3C)c3ccccc3c2=O)cc1. The number of benzene rings is 2. The second kappa shape index (κ2) is 12.6. The van der Waals surface area contributed by atoms with Gasteiger partial charge in [-0.1, -0.05) is 44.9 Å². The summed E-state index contributed by atoms with van der Waals surface area (Å²) < 4.78 is 12.5. The third-order valence-electron chi connectivity index (χ3n) is 8.50. The number of nitrogens with one attached hydrogen (secondary N) is 1. The second-order valence-electron chi connectivity index (χ2n) is 11.0. The molecule has 7 nitrogen and oxygen atoms in total. The minimum absolute atomic E-state index is 0.165. The van der Waals surface area contributed by atoms with Gasteiger partial charge in [0.15, 0.2) is 0 Å². The number of rotatable bonds is 10. The van der Waals surface area contributed by atoms with Gasteiger partial charge in [-0.05, 0) is 67.1 Å². The summed E-state index contributed by atoms with van der Waals surface area (Å²) in [5, 5.41) is 4.28. The maximum Gasteiger partial charge on any atom is 0.262 e. The van der Waals surface area contributed by atoms with E-state index in [4.69, 9.17) is 9.15 Å². The number of hydrogen-bond acceptors (Lipinski definition) is 5. The molecular weight excluding hydrogens is 502 g/mol. The lowest BCUT2D eigenvalue weighted by Gasteiger charge is -2.41. The number of fused-ring (bicyclic) bond motifs is 1. The number of methoxy groups -OCH3 is 1. The maximum atomic E-state index is 13.5. The van der Waals surface area contributed by atoms with Crippen LogP contribution in [0.25, 0.3) is 16.5 Å². The maximum absolute atomic E-state index is 13.5. The van der Waals surface area contributed by atoms with Crippen molar-refractivity contribution < 1.29 is 13.9 Å². The molecule has 4 aromatic rings. The predicted octanol–water partition coefficient (Wildman–Crippen LogP) is 6.04. The van der Waals surface area contributed by atoms with E-state index >= 15 is 0 Å². The number of hydrogen-bond donors (Lipinski definition) is 1. The van der Waals surface area contributed by atoms with Gasteiger partial charge < -0.3 is 14.5 Å². The Kier molecular flexibility index (Phi) is 8.70. The van der Waals surface area contributed by atoms with E-state index in [1.165, 1.54) is 23.8 Å². The van der Waals surface area contributed by atoms with E-state index in [2.05, 4.69) is 24.1 Å². The smallest absolute Gasteiger partial charge is 0.262 e. The first kappa shape index (κ1) is 27.7. The molecule has 2 aromatic heterocycles. The molecule has 40 heavy (non-hydrogen) atoms. The first-order valence-electron chi connectivity index (χ1n) is 14.3. The Morgan fingerprint density at radius 1 is 1.05 bits per heavy atom. The third-order valence-corrected chi connectivity index (χ3v) is 8.50. The summed E-state index contributed by atoms with van der Waals surface area (Å²) in [6, 6.07) is 19.0. The highest BCUT2D eigenvalue weighted by Crippen LogP contribution is 2.33. The number of amides is 1. The standard InChI is InChI=1S/C33H39N3O4/c1-23-9-6-13-31(24(23)2)35(21-27-10-7-20-40-27)19-8-18-34-32(37)30-22-36(25-14-16-26(39-3)17-15-25)33(38)29-12-5-4-11-28(29)30/h4-5,7,10-12,14-17,20,22-24,31H,6,8-9,13,18-19,21H2,1-3H3,(H,34,37)/t23-,24+,31+/m0/s1. The van der Waals surface area contributed by atoms with Crippen LogP contribution in [0.3, 0.4) is 0 Å². The van der Waals surface area contributed by atoms with Crippen LogP contribution in [-0.4, -0.2) is 41.6 Å². The van der Waals surface area contributed by atoms with Crippen LogP contribution in [0, 0.1) is 11.8 Å². The van der Waals surface area contributed by atoms with Crippen LogP contribution in [-0.2, 0) is 6.54 Å². The molecule has 5 rings (SSSR count). The molecule has 1 N–H and O–H groups in total. The summed E-state index contributed by atoms with van der Waals surface area (Å²) in [7, 11) is 1.60. The molecule has 0 aliphatic heterocycles. The van der Waals surface area contributed by atoms with Crippen LogP contribution < -0.4 is 15.6 Å². The number of carbonyl (C=O) groups is 1. The number of carbonyl (C=O) groups excluding carboxylic acids is 1. The molecule has 1 aliphatic carbocycles. The van der Waals surface area contributed by atoms with E-state index in [1.54, 1.807) is 37.8 Å². The first-order valence-corrected chi connectivity index (χ1v) is 14.3. The molecule has 3 atom stereocenters. The van der Waals surface area contributed by atoms with Crippen molar-refractivity contribution in [2.45, 2.75) is 52.1 Å². The van der Waals surface area contributed by atoms with Gasteiger partial charge in [-0.15, -0.1) is 0 Å². The fraction of sp³-hybridized carbons (Fsp3) is 0.394. The van der Waals surface area contributed by atoms with E-state index < -0.39 is 0 Å². The molecule has 1 aliphatic rings. The molecule has 0 bridgehead atoms. The fourth-order valence-corrected chi connectivity index (χ4v) is 6.02. The van der Waals surface area contributed by atoms with Crippen LogP contribution in [0.15, 0.2) is 82.3 Å². The van der Waals surface area contributed by atoms with Gasteiger partial charge in [0.25, 0.3) is 11.5 Å². The first-order chi connectivity index (χ1) is 19.5. The lowest BCUT2D eigenvalue weighted by Crippen LogP contribution is -2.44. The highest BCUT2D eigenvalue weighted by molar-refractivity contribution is 6.06. The summed E-state index contributed by atoms with van der Waals surface area (Å²) in [5.41, 5.74) is 0.991. The molecule has 1 amide bonds. The summed E-state index contributed by atoms with van der Waals surface area (Å²) >= 11 is 0. The lowest BCUT2D eigenvalue weighted by molar-refractivity contribution is 0.0680. The molecule has 0 radical (unpaired) electrons. The average Bonchev–Trinajstić information content (AvgIpc) is 3.50. The highest BCUT2D eigenvalue weighted by atomic mass is 16.5. The lowest BCUT2D eigenvalue weighted by atomic mass is 9.77. The Morgan fingerprint density at radius 3 is 2.55 bits per heavy atom. The number of furan rings is 1. The number of pyridine rings is 1. The Balaban J connectivity index is 1.31. The Bertz CT molecular complexity index is 1480. The van der Waals surface area contributed by atoms with Crippen molar-refractivity contribution in [3.8, 4) is 11.4 Å². The topological polar surface area (TPSA) is 76.7 Å². The number of nitrogens with zero attached hydrogens (tertiary/aromatic N) is 2. The Morgan fingerprint density at radius 2 is 1.82 bits per heavy atom. The largest absolute Gasteiger partial charge is 0.497 e. The van der Waals surface area contributed by atoms with Crippen molar-refractivity contribution in [3.63, 3.8) is 0 Å². The van der Waals surface area contributed by atoms with Crippen LogP contribution >= 0.6 is 0 Å². The molecule has 2 heterocycles. The number of ether oxygens (including phenoxy) is 1. The van der Waals surface area contributed by atoms with Crippen molar-refractivity contribution in [3.05, 3.63) is 94.8 Å². The third kappa shape index (κ3) is 5.99. The van der Waals surface area contributed by atoms with E-state index in [1.807, 2.05) is 42.5 Å². The molecule has 0 spiro atoms. The molecule has 1 saturated carbocycles. The van der Waals surface area contributed by atoms with Crippen molar-refractivity contribution in [2.24, 2.45) is 11.8 Å². The molecule has 1 fully saturated rings. The predicted molar refractivity (Wildman–Crippen MR) is 158 cm³/mol. The minimum atomic E-state index is -0.185. The van der Waals surface area contributed by atoms with Gasteiger partial charge in [0.1, 0.15) is 11.5 Å². The van der Waals surface area contributed by atoms with Gasteiger partial charge in [0, 0.05) is 41.8 Å². The van der Waals surface area contributed by atoms with Crippen LogP contribution in [0.2, 0.25) is 0 Å². The van der Waals surface area contributed by atoms with E-state index in [0.717, 1.165) is 25.3 Å². The van der Waals surface area contributed by atoms with Crippen molar-refractivity contribution >= 4 is 16.7 Å². The molecule has 0 saturated heterocycles. The van der Waals surface area contributed by atoms with Crippen molar-refractivity contribution in [1.29, 1.82) is 0 Å². The quantitative estimate of drug-likeness (QED) is 0.248. The monoisotopic (exact) mass is 541 g/mol. The van der Waals surface area contributed by atoms with Gasteiger partial charge in [-0.25, -0.2) is 0 Å². The molecule has 2 aromatic carbocycles. The Hall–Kier alpha value is -3.84. The van der Waals surface area contributed by atoms with Gasteiger partial charge >= 0.3 is 0 Å². The van der Waals surface area contributed by atoms with E-state index in [9.17, 15) is 9.59 Å². The molecule has 0 unspecified atom stereocenters. The van der Waals surface area contributed by atoms with Crippen LogP contribution in [0.4, 0.5) is 0 Å². The van der Waals surface area contributed by atoms with Gasteiger partial charge in [-0.2, -0.15) is 0 Å². The van der Waals surface area contributed by atoms with E-state index in [0.29, 0.717) is 52.2 Å². The second-order valence-corrected chi connectivity index (χ2v) is 11.0. The van der Waals surface area contributed by atoms with Gasteiger partial charge in [0.05, 0.1) is 25.5 Å². The van der Waals surface area contributed by atoms with E-state index in [-0.39, 0.29) is 11.5 Å². The normalized spacial score (nSPS) is 19.1. The van der Waals surface area contributed by atoms with Gasteiger partial charge in [0.2, 0.25) is 0 Å². The zero-order valence-electron chi connectivity index (χ0n) is 23.6. The van der Waals surface area contributed by atoms with Crippen molar-refractivity contribution in [2.75, 3.05) is 20.2 Å². The van der Waals surface area contributed by atoms with Gasteiger partial charge in [-0.3, -0.25) is 19.1 Å². The highest BCUT2D eigenvalue weighted by Gasteiger charge is 2.31. The van der Waals surface area contributed by atoms with Crippen molar-refractivity contribution in [1.82, 2.24) is 14.8 Å². The fourth-order valence-electron chi connectivity index (χ4n) is 6.02. The molecule has 7 heteroatoms. The average molecular weight is 542 g/mol. The zero-order valence-corrected chi connectivity index (χ0v) is 23.6. The minimum Gasteiger partial charge on any atom is -0.497 e. The number of aromatic nitrogens is 1. The summed E-state index contributed by atoms with van der Waals surface area (Å²) in [6.07, 6.45) is 7.93. The van der Waals surface area contributed by atoms with Crippen LogP contribution in [0.5, 0.6) is 5.75 Å². The zero-order chi connectivity index (χ0) is 28.1.